The number of hydrogen-bond donors (Lipinski definition) is 3. The molecule has 0 radical (unpaired) electrons. The number of nitrogens with zero attached hydrogens (tertiary/aromatic N) is 1. The second kappa shape index (κ2) is 9.60. The largest absolute Gasteiger partial charge is 0.494 e. The van der Waals surface area contributed by atoms with Crippen LogP contribution in [0.1, 0.15) is 36.5 Å². The van der Waals surface area contributed by atoms with Crippen molar-refractivity contribution in [1.82, 2.24) is 5.32 Å². The fourth-order valence-electron chi connectivity index (χ4n) is 3.39. The third kappa shape index (κ3) is 5.17. The van der Waals surface area contributed by atoms with Gasteiger partial charge in [0.05, 0.1) is 17.9 Å². The van der Waals surface area contributed by atoms with E-state index in [-0.39, 0.29) is 11.3 Å². The zero-order valence-electron chi connectivity index (χ0n) is 17.0. The van der Waals surface area contributed by atoms with Gasteiger partial charge in [-0.1, -0.05) is 13.3 Å². The van der Waals surface area contributed by atoms with E-state index < -0.39 is 11.7 Å². The van der Waals surface area contributed by atoms with Crippen LogP contribution < -0.4 is 26.0 Å². The number of anilines is 3. The number of hydrogen-bond acceptors (Lipinski definition) is 5. The molecule has 4 N–H and O–H groups in total. The van der Waals surface area contributed by atoms with Gasteiger partial charge in [0, 0.05) is 36.6 Å². The number of benzene rings is 2. The standard InChI is InChI=1S/C22H29FN4O2/c1-3-4-11-29-17-6-7-18(20(24)13-17)22(28)26-21-8-5-16(12-19(21)23)27-10-9-15(14-27)25-2/h5-8,12-13,15,25H,3-4,9-11,14,24H2,1-2H3,(H,26,28). The monoisotopic (exact) mass is 400 g/mol. The average Bonchev–Trinajstić information content (AvgIpc) is 3.19. The SMILES string of the molecule is CCCCOc1ccc(C(=O)Nc2ccc(N3CCC(NC)C3)cc2F)c(N)c1. The van der Waals surface area contributed by atoms with Crippen LogP contribution in [-0.2, 0) is 0 Å². The molecule has 0 saturated carbocycles. The van der Waals surface area contributed by atoms with Crippen molar-refractivity contribution in [3.8, 4) is 5.75 Å². The summed E-state index contributed by atoms with van der Waals surface area (Å²) in [6.07, 6.45) is 3.01. The van der Waals surface area contributed by atoms with Crippen molar-refractivity contribution >= 4 is 23.0 Å². The Hall–Kier alpha value is -2.80. The summed E-state index contributed by atoms with van der Waals surface area (Å²) in [6.45, 7) is 4.40. The zero-order valence-corrected chi connectivity index (χ0v) is 17.0. The normalized spacial score (nSPS) is 16.1. The predicted molar refractivity (Wildman–Crippen MR) is 115 cm³/mol. The molecule has 0 aromatic heterocycles. The summed E-state index contributed by atoms with van der Waals surface area (Å²) in [4.78, 5) is 14.7. The van der Waals surface area contributed by atoms with E-state index >= 15 is 0 Å². The lowest BCUT2D eigenvalue weighted by molar-refractivity contribution is 0.102. The van der Waals surface area contributed by atoms with Crippen LogP contribution in [0.5, 0.6) is 5.75 Å². The Morgan fingerprint density at radius 1 is 1.31 bits per heavy atom. The molecule has 156 valence electrons. The van der Waals surface area contributed by atoms with E-state index in [1.807, 2.05) is 13.1 Å². The van der Waals surface area contributed by atoms with Crippen LogP contribution >= 0.6 is 0 Å². The first-order chi connectivity index (χ1) is 14.0. The number of nitrogens with two attached hydrogens (primary N) is 1. The van der Waals surface area contributed by atoms with Crippen LogP contribution in [0.25, 0.3) is 0 Å². The number of rotatable bonds is 8. The van der Waals surface area contributed by atoms with E-state index in [1.165, 1.54) is 6.07 Å². The van der Waals surface area contributed by atoms with Crippen LogP contribution in [0.4, 0.5) is 21.5 Å². The maximum Gasteiger partial charge on any atom is 0.257 e. The highest BCUT2D eigenvalue weighted by Crippen LogP contribution is 2.26. The lowest BCUT2D eigenvalue weighted by Gasteiger charge is -2.19. The van der Waals surface area contributed by atoms with E-state index in [0.717, 1.165) is 38.0 Å². The minimum atomic E-state index is -0.471. The van der Waals surface area contributed by atoms with Crippen molar-refractivity contribution in [2.75, 3.05) is 42.7 Å². The molecule has 1 heterocycles. The van der Waals surface area contributed by atoms with E-state index in [4.69, 9.17) is 10.5 Å². The molecule has 3 rings (SSSR count). The van der Waals surface area contributed by atoms with E-state index in [0.29, 0.717) is 24.1 Å². The van der Waals surface area contributed by atoms with Crippen LogP contribution in [-0.4, -0.2) is 38.7 Å². The lowest BCUT2D eigenvalue weighted by Crippen LogP contribution is -2.29. The van der Waals surface area contributed by atoms with Gasteiger partial charge in [-0.05, 0) is 50.2 Å². The molecule has 1 aliphatic rings. The van der Waals surface area contributed by atoms with Crippen molar-refractivity contribution < 1.29 is 13.9 Å². The third-order valence-corrected chi connectivity index (χ3v) is 5.20. The van der Waals surface area contributed by atoms with Crippen molar-refractivity contribution in [2.24, 2.45) is 0 Å². The highest BCUT2D eigenvalue weighted by atomic mass is 19.1. The molecule has 1 saturated heterocycles. The minimum absolute atomic E-state index is 0.130. The molecule has 1 aliphatic heterocycles. The molecule has 1 unspecified atom stereocenters. The molecule has 1 fully saturated rings. The molecular formula is C22H29FN4O2. The number of carbonyl (C=O) groups is 1. The second-order valence-corrected chi connectivity index (χ2v) is 7.29. The maximum atomic E-state index is 14.6. The van der Waals surface area contributed by atoms with Crippen LogP contribution in [0.2, 0.25) is 0 Å². The van der Waals surface area contributed by atoms with Gasteiger partial charge in [0.2, 0.25) is 0 Å². The molecule has 0 bridgehead atoms. The van der Waals surface area contributed by atoms with Gasteiger partial charge in [0.25, 0.3) is 5.91 Å². The van der Waals surface area contributed by atoms with Crippen molar-refractivity contribution in [2.45, 2.75) is 32.2 Å². The highest BCUT2D eigenvalue weighted by Gasteiger charge is 2.22. The summed E-state index contributed by atoms with van der Waals surface area (Å²) in [5.41, 5.74) is 7.53. The van der Waals surface area contributed by atoms with Gasteiger partial charge >= 0.3 is 0 Å². The van der Waals surface area contributed by atoms with E-state index in [1.54, 1.807) is 24.3 Å². The molecule has 29 heavy (non-hydrogen) atoms. The van der Waals surface area contributed by atoms with Gasteiger partial charge in [0.1, 0.15) is 11.6 Å². The molecule has 1 atom stereocenters. The first-order valence-corrected chi connectivity index (χ1v) is 10.1. The smallest absolute Gasteiger partial charge is 0.257 e. The Bertz CT molecular complexity index is 859. The summed E-state index contributed by atoms with van der Waals surface area (Å²) < 4.78 is 20.2. The van der Waals surface area contributed by atoms with Crippen LogP contribution in [0.3, 0.4) is 0 Å². The number of nitrogen functional groups attached to an aromatic ring is 1. The number of ether oxygens (including phenoxy) is 1. The number of unbranched alkanes of at least 4 members (excludes halogenated alkanes) is 1. The lowest BCUT2D eigenvalue weighted by atomic mass is 10.1. The van der Waals surface area contributed by atoms with Crippen LogP contribution in [0, 0.1) is 5.82 Å². The summed E-state index contributed by atoms with van der Waals surface area (Å²) >= 11 is 0. The fraction of sp³-hybridized carbons (Fsp3) is 0.409. The predicted octanol–water partition coefficient (Wildman–Crippen LogP) is 3.64. The quantitative estimate of drug-likeness (QED) is 0.466. The zero-order chi connectivity index (χ0) is 20.8. The Morgan fingerprint density at radius 3 is 2.79 bits per heavy atom. The summed E-state index contributed by atoms with van der Waals surface area (Å²) in [6, 6.07) is 10.2. The van der Waals surface area contributed by atoms with E-state index in [9.17, 15) is 9.18 Å². The first-order valence-electron chi connectivity index (χ1n) is 10.1. The molecule has 2 aromatic rings. The topological polar surface area (TPSA) is 79.6 Å². The summed E-state index contributed by atoms with van der Waals surface area (Å²) in [5, 5.41) is 5.86. The Balaban J connectivity index is 1.66. The second-order valence-electron chi connectivity index (χ2n) is 7.29. The van der Waals surface area contributed by atoms with Gasteiger partial charge in [0.15, 0.2) is 0 Å². The number of nitrogens with one attached hydrogen (secondary N) is 2. The molecule has 0 aliphatic carbocycles. The average molecular weight is 400 g/mol. The van der Waals surface area contributed by atoms with Crippen molar-refractivity contribution in [1.29, 1.82) is 0 Å². The van der Waals surface area contributed by atoms with Gasteiger partial charge in [-0.2, -0.15) is 0 Å². The Labute approximate surface area is 171 Å². The highest BCUT2D eigenvalue weighted by molar-refractivity contribution is 6.08. The number of likely N-dealkylation sites (N-methyl/N-ethyl adjacent to an activating group) is 1. The van der Waals surface area contributed by atoms with Crippen molar-refractivity contribution in [3.63, 3.8) is 0 Å². The van der Waals surface area contributed by atoms with Gasteiger partial charge in [-0.25, -0.2) is 4.39 Å². The number of amides is 1. The van der Waals surface area contributed by atoms with Gasteiger partial charge in [-0.3, -0.25) is 4.79 Å². The van der Waals surface area contributed by atoms with Crippen molar-refractivity contribution in [3.05, 3.63) is 47.8 Å². The summed E-state index contributed by atoms with van der Waals surface area (Å²) in [7, 11) is 1.93. The van der Waals surface area contributed by atoms with Gasteiger partial charge < -0.3 is 26.0 Å². The fourth-order valence-corrected chi connectivity index (χ4v) is 3.39. The number of carbonyl (C=O) groups excluding carboxylic acids is 1. The Kier molecular flexibility index (Phi) is 6.93. The molecule has 0 spiro atoms. The van der Waals surface area contributed by atoms with Crippen LogP contribution in [0.15, 0.2) is 36.4 Å². The molecular weight excluding hydrogens is 371 g/mol. The maximum absolute atomic E-state index is 14.6. The minimum Gasteiger partial charge on any atom is -0.494 e. The molecule has 1 amide bonds. The van der Waals surface area contributed by atoms with E-state index in [2.05, 4.69) is 22.5 Å². The molecule has 2 aromatic carbocycles. The number of halogens is 1. The molecule has 7 heteroatoms. The van der Waals surface area contributed by atoms with Gasteiger partial charge in [-0.15, -0.1) is 0 Å². The Morgan fingerprint density at radius 2 is 2.14 bits per heavy atom. The summed E-state index contributed by atoms with van der Waals surface area (Å²) in [5.74, 6) is -0.305. The third-order valence-electron chi connectivity index (χ3n) is 5.20. The first kappa shape index (κ1) is 20.9. The molecule has 6 nitrogen and oxygen atoms in total.